The second-order valence-corrected chi connectivity index (χ2v) is 7.29. The number of piperidine rings is 1. The maximum absolute atomic E-state index is 13.3. The summed E-state index contributed by atoms with van der Waals surface area (Å²) in [6.45, 7) is 3.14. The van der Waals surface area contributed by atoms with Crippen molar-refractivity contribution in [3.63, 3.8) is 0 Å². The van der Waals surface area contributed by atoms with Gasteiger partial charge in [-0.25, -0.2) is 12.8 Å². The molecule has 2 N–H and O–H groups in total. The van der Waals surface area contributed by atoms with Crippen LogP contribution in [-0.2, 0) is 10.0 Å². The molecule has 1 saturated heterocycles. The Kier molecular flexibility index (Phi) is 4.65. The minimum atomic E-state index is -3.63. The summed E-state index contributed by atoms with van der Waals surface area (Å²) in [5.41, 5.74) is 5.65. The van der Waals surface area contributed by atoms with Crippen LogP contribution in [0.5, 0.6) is 0 Å². The summed E-state index contributed by atoms with van der Waals surface area (Å²) in [7, 11) is -3.63. The fourth-order valence-corrected chi connectivity index (χ4v) is 4.27. The van der Waals surface area contributed by atoms with Crippen LogP contribution in [-0.4, -0.2) is 25.8 Å². The molecule has 1 aliphatic rings. The van der Waals surface area contributed by atoms with Crippen molar-refractivity contribution in [2.75, 3.05) is 18.8 Å². The first-order valence-electron chi connectivity index (χ1n) is 6.99. The van der Waals surface area contributed by atoms with E-state index in [1.165, 1.54) is 10.4 Å². The van der Waals surface area contributed by atoms with Gasteiger partial charge in [0.2, 0.25) is 10.0 Å². The summed E-state index contributed by atoms with van der Waals surface area (Å²) in [5, 5.41) is 0. The van der Waals surface area contributed by atoms with Crippen molar-refractivity contribution >= 4 is 15.7 Å². The van der Waals surface area contributed by atoms with Gasteiger partial charge in [-0.1, -0.05) is 19.8 Å². The van der Waals surface area contributed by atoms with E-state index in [2.05, 4.69) is 6.92 Å². The van der Waals surface area contributed by atoms with Crippen molar-refractivity contribution in [3.05, 3.63) is 24.0 Å². The van der Waals surface area contributed by atoms with Crippen LogP contribution in [0, 0.1) is 11.7 Å². The molecule has 0 amide bonds. The second-order valence-electron chi connectivity index (χ2n) is 5.36. The Morgan fingerprint density at radius 2 is 1.95 bits per heavy atom. The van der Waals surface area contributed by atoms with Crippen LogP contribution in [0.15, 0.2) is 23.1 Å². The zero-order valence-corrected chi connectivity index (χ0v) is 12.5. The summed E-state index contributed by atoms with van der Waals surface area (Å²) < 4.78 is 39.7. The molecule has 0 bridgehead atoms. The molecular formula is C14H21FN2O2S. The summed E-state index contributed by atoms with van der Waals surface area (Å²) in [6, 6.07) is 3.47. The fraction of sp³-hybridized carbons (Fsp3) is 0.571. The summed E-state index contributed by atoms with van der Waals surface area (Å²) >= 11 is 0. The van der Waals surface area contributed by atoms with Gasteiger partial charge in [0.25, 0.3) is 0 Å². The SMILES string of the molecule is CCCC1CCN(S(=O)(=O)c2cc(N)cc(F)c2)CC1. The van der Waals surface area contributed by atoms with Crippen LogP contribution in [0.2, 0.25) is 0 Å². The highest BCUT2D eigenvalue weighted by molar-refractivity contribution is 7.89. The van der Waals surface area contributed by atoms with Gasteiger partial charge in [-0.3, -0.25) is 0 Å². The monoisotopic (exact) mass is 300 g/mol. The Hall–Kier alpha value is -1.14. The molecule has 4 nitrogen and oxygen atoms in total. The molecule has 0 spiro atoms. The number of anilines is 1. The molecule has 0 saturated carbocycles. The van der Waals surface area contributed by atoms with Crippen LogP contribution >= 0.6 is 0 Å². The Morgan fingerprint density at radius 3 is 2.50 bits per heavy atom. The highest BCUT2D eigenvalue weighted by Crippen LogP contribution is 2.27. The molecule has 1 aliphatic heterocycles. The average Bonchev–Trinajstić information content (AvgIpc) is 2.38. The quantitative estimate of drug-likeness (QED) is 0.869. The third-order valence-electron chi connectivity index (χ3n) is 3.80. The number of nitrogen functional groups attached to an aromatic ring is 1. The number of hydrogen-bond donors (Lipinski definition) is 1. The third kappa shape index (κ3) is 3.30. The van der Waals surface area contributed by atoms with Crippen molar-refractivity contribution in [1.82, 2.24) is 4.31 Å². The molecule has 2 rings (SSSR count). The van der Waals surface area contributed by atoms with E-state index < -0.39 is 15.8 Å². The smallest absolute Gasteiger partial charge is 0.243 e. The maximum atomic E-state index is 13.3. The van der Waals surface area contributed by atoms with E-state index in [0.717, 1.165) is 37.8 Å². The number of sulfonamides is 1. The van der Waals surface area contributed by atoms with E-state index in [1.54, 1.807) is 0 Å². The predicted octanol–water partition coefficient (Wildman–Crippen LogP) is 2.61. The van der Waals surface area contributed by atoms with Crippen LogP contribution in [0.4, 0.5) is 10.1 Å². The number of nitrogens with zero attached hydrogens (tertiary/aromatic N) is 1. The first kappa shape index (κ1) is 15.3. The van der Waals surface area contributed by atoms with Crippen LogP contribution in [0.3, 0.4) is 0 Å². The van der Waals surface area contributed by atoms with E-state index >= 15 is 0 Å². The Labute approximate surface area is 119 Å². The van der Waals surface area contributed by atoms with Gasteiger partial charge in [0.05, 0.1) is 4.90 Å². The molecule has 1 fully saturated rings. The van der Waals surface area contributed by atoms with Crippen molar-refractivity contribution in [2.24, 2.45) is 5.92 Å². The Balaban J connectivity index is 2.15. The van der Waals surface area contributed by atoms with Gasteiger partial charge in [-0.2, -0.15) is 4.31 Å². The number of rotatable bonds is 4. The van der Waals surface area contributed by atoms with E-state index in [-0.39, 0.29) is 10.6 Å². The fourth-order valence-electron chi connectivity index (χ4n) is 2.73. The molecule has 112 valence electrons. The van der Waals surface area contributed by atoms with Crippen molar-refractivity contribution in [1.29, 1.82) is 0 Å². The van der Waals surface area contributed by atoms with Crippen molar-refractivity contribution in [3.8, 4) is 0 Å². The van der Waals surface area contributed by atoms with Gasteiger partial charge in [0.15, 0.2) is 0 Å². The van der Waals surface area contributed by atoms with Gasteiger partial charge in [0, 0.05) is 18.8 Å². The minimum absolute atomic E-state index is 0.0519. The highest BCUT2D eigenvalue weighted by atomic mass is 32.2. The summed E-state index contributed by atoms with van der Waals surface area (Å²) in [5.74, 6) is -0.0199. The lowest BCUT2D eigenvalue weighted by molar-refractivity contribution is 0.262. The normalized spacial score (nSPS) is 18.3. The predicted molar refractivity (Wildman–Crippen MR) is 77.2 cm³/mol. The summed E-state index contributed by atoms with van der Waals surface area (Å²) in [4.78, 5) is -0.0519. The van der Waals surface area contributed by atoms with E-state index in [4.69, 9.17) is 5.73 Å². The second kappa shape index (κ2) is 6.10. The molecule has 0 radical (unpaired) electrons. The lowest BCUT2D eigenvalue weighted by atomic mass is 9.94. The zero-order valence-electron chi connectivity index (χ0n) is 11.7. The number of halogens is 1. The van der Waals surface area contributed by atoms with Crippen LogP contribution < -0.4 is 5.73 Å². The van der Waals surface area contributed by atoms with Gasteiger partial charge in [0.1, 0.15) is 5.82 Å². The number of hydrogen-bond acceptors (Lipinski definition) is 3. The Bertz CT molecular complexity index is 546. The molecule has 20 heavy (non-hydrogen) atoms. The van der Waals surface area contributed by atoms with Crippen LogP contribution in [0.25, 0.3) is 0 Å². The number of benzene rings is 1. The molecule has 0 aliphatic carbocycles. The molecule has 6 heteroatoms. The van der Waals surface area contributed by atoms with E-state index in [9.17, 15) is 12.8 Å². The highest BCUT2D eigenvalue weighted by Gasteiger charge is 2.29. The van der Waals surface area contributed by atoms with Gasteiger partial charge in [-0.15, -0.1) is 0 Å². The first-order chi connectivity index (χ1) is 9.43. The Morgan fingerprint density at radius 1 is 1.30 bits per heavy atom. The van der Waals surface area contributed by atoms with Gasteiger partial charge in [-0.05, 0) is 37.0 Å². The largest absolute Gasteiger partial charge is 0.399 e. The standard InChI is InChI=1S/C14H21FN2O2S/c1-2-3-11-4-6-17(7-5-11)20(18,19)14-9-12(15)8-13(16)10-14/h8-11H,2-7,16H2,1H3. The first-order valence-corrected chi connectivity index (χ1v) is 8.43. The molecule has 0 aromatic heterocycles. The van der Waals surface area contributed by atoms with E-state index in [0.29, 0.717) is 19.0 Å². The molecule has 0 unspecified atom stereocenters. The van der Waals surface area contributed by atoms with Crippen molar-refractivity contribution in [2.45, 2.75) is 37.5 Å². The van der Waals surface area contributed by atoms with Crippen molar-refractivity contribution < 1.29 is 12.8 Å². The summed E-state index contributed by atoms with van der Waals surface area (Å²) in [6.07, 6.45) is 4.01. The van der Waals surface area contributed by atoms with Crippen LogP contribution in [0.1, 0.15) is 32.6 Å². The maximum Gasteiger partial charge on any atom is 0.243 e. The number of nitrogens with two attached hydrogens (primary N) is 1. The van der Waals surface area contributed by atoms with E-state index in [1.807, 2.05) is 0 Å². The average molecular weight is 300 g/mol. The topological polar surface area (TPSA) is 63.4 Å². The van der Waals surface area contributed by atoms with Gasteiger partial charge >= 0.3 is 0 Å². The molecular weight excluding hydrogens is 279 g/mol. The lowest BCUT2D eigenvalue weighted by Gasteiger charge is -2.31. The molecule has 1 aromatic rings. The molecule has 0 atom stereocenters. The third-order valence-corrected chi connectivity index (χ3v) is 5.68. The molecule has 1 heterocycles. The lowest BCUT2D eigenvalue weighted by Crippen LogP contribution is -2.38. The van der Waals surface area contributed by atoms with Gasteiger partial charge < -0.3 is 5.73 Å². The minimum Gasteiger partial charge on any atom is -0.399 e. The zero-order chi connectivity index (χ0) is 14.8. The molecule has 1 aromatic carbocycles.